The van der Waals surface area contributed by atoms with Gasteiger partial charge in [0.05, 0.1) is 12.0 Å². The minimum absolute atomic E-state index is 0.0461. The monoisotopic (exact) mass is 733 g/mol. The van der Waals surface area contributed by atoms with Gasteiger partial charge in [-0.25, -0.2) is 9.59 Å². The number of carbonyl (C=O) groups is 5. The average Bonchev–Trinajstić information content (AvgIpc) is 3.14. The average molecular weight is 734 g/mol. The Morgan fingerprint density at radius 3 is 2.35 bits per heavy atom. The van der Waals surface area contributed by atoms with Crippen molar-refractivity contribution in [3.63, 3.8) is 0 Å². The molecule has 0 saturated carbocycles. The summed E-state index contributed by atoms with van der Waals surface area (Å²) >= 11 is 0. The Balaban J connectivity index is 1.02. The molecule has 0 radical (unpaired) electrons. The summed E-state index contributed by atoms with van der Waals surface area (Å²) in [5, 5.41) is 29.1. The highest BCUT2D eigenvalue weighted by atomic mass is 16.6. The van der Waals surface area contributed by atoms with E-state index in [0.29, 0.717) is 53.4 Å². The van der Waals surface area contributed by atoms with Gasteiger partial charge in [0.1, 0.15) is 29.2 Å². The van der Waals surface area contributed by atoms with E-state index in [-0.39, 0.29) is 59.2 Å². The molecule has 0 aromatic heterocycles. The van der Waals surface area contributed by atoms with Crippen molar-refractivity contribution in [1.29, 1.82) is 0 Å². The first-order valence-electron chi connectivity index (χ1n) is 17.6. The number of aromatic carboxylic acids is 1. The molecule has 0 spiro atoms. The molecule has 3 aromatic rings. The second-order valence-corrected chi connectivity index (χ2v) is 13.3. The molecule has 2 heterocycles. The maximum absolute atomic E-state index is 13.0. The lowest BCUT2D eigenvalue weighted by molar-refractivity contribution is -0.176. The smallest absolute Gasteiger partial charge is 0.336 e. The summed E-state index contributed by atoms with van der Waals surface area (Å²) in [4.78, 5) is 75.0. The number of unbranched alkanes of at least 4 members (excludes halogenated alkanes) is 2. The molecular formula is C41H39N3O10. The molecule has 3 amide bonds. The zero-order chi connectivity index (χ0) is 38.4. The van der Waals surface area contributed by atoms with Crippen molar-refractivity contribution in [2.24, 2.45) is 0 Å². The van der Waals surface area contributed by atoms with Crippen LogP contribution in [0.5, 0.6) is 5.75 Å². The maximum Gasteiger partial charge on any atom is 0.336 e. The number of ether oxygens (including phenoxy) is 1. The number of cyclic esters (lactones) is 1. The van der Waals surface area contributed by atoms with Crippen LogP contribution in [-0.2, 0) is 36.8 Å². The van der Waals surface area contributed by atoms with Crippen molar-refractivity contribution in [3.8, 4) is 28.2 Å². The fraction of sp³-hybridized carbons (Fsp3) is 0.268. The summed E-state index contributed by atoms with van der Waals surface area (Å²) in [6, 6.07) is 21.1. The number of hydrogen-bond acceptors (Lipinski definition) is 9. The highest BCUT2D eigenvalue weighted by Crippen LogP contribution is 2.42. The first-order valence-corrected chi connectivity index (χ1v) is 17.6. The number of hydrogen-bond donors (Lipinski definition) is 5. The molecule has 6 rings (SSSR count). The molecule has 0 bridgehead atoms. The molecule has 1 saturated heterocycles. The Kier molecular flexibility index (Phi) is 11.4. The third kappa shape index (κ3) is 8.75. The van der Waals surface area contributed by atoms with Crippen LogP contribution in [0.3, 0.4) is 0 Å². The van der Waals surface area contributed by atoms with Crippen molar-refractivity contribution >= 4 is 40.6 Å². The number of phenols is 1. The summed E-state index contributed by atoms with van der Waals surface area (Å²) in [6.45, 7) is 2.03. The summed E-state index contributed by atoms with van der Waals surface area (Å²) in [6.07, 6.45) is 1.65. The van der Waals surface area contributed by atoms with E-state index in [9.17, 15) is 39.0 Å². The van der Waals surface area contributed by atoms with Gasteiger partial charge in [0.15, 0.2) is 11.5 Å². The molecule has 1 aliphatic carbocycles. The largest absolute Gasteiger partial charge is 0.508 e. The molecular weight excluding hydrogens is 694 g/mol. The molecule has 2 aliphatic heterocycles. The van der Waals surface area contributed by atoms with Gasteiger partial charge >= 0.3 is 11.9 Å². The lowest BCUT2D eigenvalue weighted by Gasteiger charge is -2.33. The molecule has 3 atom stereocenters. The zero-order valence-electron chi connectivity index (χ0n) is 29.4. The van der Waals surface area contributed by atoms with Crippen LogP contribution in [-0.4, -0.2) is 64.6 Å². The first-order chi connectivity index (χ1) is 26.0. The highest BCUT2D eigenvalue weighted by molar-refractivity contribution is 6.07. The lowest BCUT2D eigenvalue weighted by atomic mass is 9.89. The summed E-state index contributed by atoms with van der Waals surface area (Å²) in [5.41, 5.74) is 2.65. The maximum atomic E-state index is 13.0. The summed E-state index contributed by atoms with van der Waals surface area (Å²) in [5.74, 6) is -2.61. The number of fused-ring (bicyclic) bond motifs is 2. The van der Waals surface area contributed by atoms with Crippen molar-refractivity contribution in [1.82, 2.24) is 16.0 Å². The number of esters is 1. The number of rotatable bonds is 15. The van der Waals surface area contributed by atoms with E-state index >= 15 is 0 Å². The molecule has 3 aliphatic rings. The SMILES string of the molecule is CC1OC(=O)C1NC(=O)C(Cc1ccccc1)NC(=O)CCCCCNC(=O)Cc1ccc(-c2c3ccc(=O)cc-3oc3cc(O)ccc23)c(C(=O)O)c1. The number of aromatic hydroxyl groups is 1. The van der Waals surface area contributed by atoms with E-state index in [2.05, 4.69) is 16.0 Å². The standard InChI is InChI=1S/C41H39N3O10/c1-23-38(41(52)53-23)44-39(49)32(19-24-8-4-2-5-9-24)43-35(47)10-6-3-7-17-42-36(48)20-25-11-14-28(31(18-25)40(50)51)37-29-15-12-26(45)21-33(29)54-34-22-27(46)13-16-30(34)37/h2,4-5,8-9,11-16,18,21-23,32,38,45H,3,6-7,10,17,19-20H2,1H3,(H,42,48)(H,43,47)(H,44,49)(H,50,51). The molecule has 1 fully saturated rings. The second-order valence-electron chi connectivity index (χ2n) is 13.3. The van der Waals surface area contributed by atoms with Crippen LogP contribution in [0.15, 0.2) is 94.1 Å². The topological polar surface area (TPSA) is 201 Å². The Labute approximate surface area is 309 Å². The number of benzene rings is 4. The van der Waals surface area contributed by atoms with Crippen molar-refractivity contribution in [2.75, 3.05) is 6.54 Å². The van der Waals surface area contributed by atoms with Crippen LogP contribution in [0.2, 0.25) is 0 Å². The molecule has 278 valence electrons. The number of carbonyl (C=O) groups excluding carboxylic acids is 4. The molecule has 5 N–H and O–H groups in total. The fourth-order valence-corrected chi connectivity index (χ4v) is 6.51. The van der Waals surface area contributed by atoms with Gasteiger partial charge in [-0.2, -0.15) is 0 Å². The highest BCUT2D eigenvalue weighted by Gasteiger charge is 2.41. The van der Waals surface area contributed by atoms with Crippen LogP contribution in [0, 0.1) is 0 Å². The third-order valence-electron chi connectivity index (χ3n) is 9.29. The zero-order valence-corrected chi connectivity index (χ0v) is 29.4. The van der Waals surface area contributed by atoms with Crippen LogP contribution < -0.4 is 21.4 Å². The van der Waals surface area contributed by atoms with Gasteiger partial charge in [0.2, 0.25) is 17.7 Å². The minimum Gasteiger partial charge on any atom is -0.508 e. The van der Waals surface area contributed by atoms with Gasteiger partial charge in [-0.3, -0.25) is 19.2 Å². The quantitative estimate of drug-likeness (QED) is 0.0585. The van der Waals surface area contributed by atoms with E-state index in [1.165, 1.54) is 30.3 Å². The Morgan fingerprint density at radius 1 is 0.833 bits per heavy atom. The van der Waals surface area contributed by atoms with Crippen LogP contribution in [0.1, 0.15) is 54.1 Å². The number of nitrogens with one attached hydrogen (secondary N) is 3. The Morgan fingerprint density at radius 2 is 1.61 bits per heavy atom. The van der Waals surface area contributed by atoms with Gasteiger partial charge in [0.25, 0.3) is 0 Å². The predicted molar refractivity (Wildman–Crippen MR) is 198 cm³/mol. The van der Waals surface area contributed by atoms with Crippen molar-refractivity contribution in [3.05, 3.63) is 112 Å². The fourth-order valence-electron chi connectivity index (χ4n) is 6.51. The van der Waals surface area contributed by atoms with Gasteiger partial charge in [-0.05, 0) is 66.8 Å². The lowest BCUT2D eigenvalue weighted by Crippen LogP contribution is -2.62. The number of carboxylic acids is 1. The van der Waals surface area contributed by atoms with Crippen LogP contribution in [0.4, 0.5) is 0 Å². The first kappa shape index (κ1) is 37.3. The molecule has 3 aromatic carbocycles. The van der Waals surface area contributed by atoms with Crippen molar-refractivity contribution in [2.45, 2.75) is 63.6 Å². The molecule has 13 heteroatoms. The second kappa shape index (κ2) is 16.4. The molecule has 13 nitrogen and oxygen atoms in total. The Bertz CT molecular complexity index is 2250. The van der Waals surface area contributed by atoms with Gasteiger partial charge < -0.3 is 35.3 Å². The van der Waals surface area contributed by atoms with Crippen LogP contribution >= 0.6 is 0 Å². The Hall–Kier alpha value is -6.50. The van der Waals surface area contributed by atoms with E-state index < -0.39 is 36.0 Å². The molecule has 54 heavy (non-hydrogen) atoms. The van der Waals surface area contributed by atoms with E-state index in [0.717, 1.165) is 5.56 Å². The van der Waals surface area contributed by atoms with Crippen molar-refractivity contribution < 1.29 is 43.3 Å². The predicted octanol–water partition coefficient (Wildman–Crippen LogP) is 4.35. The van der Waals surface area contributed by atoms with Gasteiger partial charge in [-0.15, -0.1) is 0 Å². The van der Waals surface area contributed by atoms with E-state index in [1.54, 1.807) is 31.2 Å². The normalized spacial score (nSPS) is 15.5. The van der Waals surface area contributed by atoms with Crippen LogP contribution in [0.25, 0.3) is 33.4 Å². The molecule has 3 unspecified atom stereocenters. The van der Waals surface area contributed by atoms with Gasteiger partial charge in [0, 0.05) is 48.0 Å². The number of carboxylic acid groups (broad SMARTS) is 1. The van der Waals surface area contributed by atoms with E-state index in [4.69, 9.17) is 9.15 Å². The third-order valence-corrected chi connectivity index (χ3v) is 9.29. The summed E-state index contributed by atoms with van der Waals surface area (Å²) < 4.78 is 10.8. The minimum atomic E-state index is -1.21. The summed E-state index contributed by atoms with van der Waals surface area (Å²) in [7, 11) is 0. The number of amides is 3. The van der Waals surface area contributed by atoms with Gasteiger partial charge in [-0.1, -0.05) is 48.9 Å². The number of phenolic OH excluding ortho intramolecular Hbond substituents is 1. The van der Waals surface area contributed by atoms with E-state index in [1.807, 2.05) is 30.3 Å².